The van der Waals surface area contributed by atoms with Crippen molar-refractivity contribution in [3.05, 3.63) is 18.3 Å². The molecule has 0 saturated carbocycles. The van der Waals surface area contributed by atoms with Crippen molar-refractivity contribution in [1.82, 2.24) is 9.88 Å². The molecule has 0 bridgehead atoms. The Morgan fingerprint density at radius 1 is 1.35 bits per heavy atom. The summed E-state index contributed by atoms with van der Waals surface area (Å²) in [5.74, 6) is 1.27. The molecule has 6 heteroatoms. The third kappa shape index (κ3) is 3.07. The Balaban J connectivity index is 2.00. The van der Waals surface area contributed by atoms with E-state index in [0.29, 0.717) is 5.75 Å². The third-order valence-corrected chi connectivity index (χ3v) is 2.77. The Labute approximate surface area is 100.0 Å². The fourth-order valence-electron chi connectivity index (χ4n) is 1.77. The van der Waals surface area contributed by atoms with Gasteiger partial charge in [0.15, 0.2) is 5.75 Å². The molecule has 1 aliphatic rings. The van der Waals surface area contributed by atoms with Gasteiger partial charge >= 0.3 is 6.09 Å². The van der Waals surface area contributed by atoms with Crippen LogP contribution in [0.25, 0.3) is 0 Å². The first-order valence-corrected chi connectivity index (χ1v) is 5.52. The van der Waals surface area contributed by atoms with Crippen LogP contribution in [0.5, 0.6) is 5.75 Å². The van der Waals surface area contributed by atoms with Gasteiger partial charge in [-0.3, -0.25) is 0 Å². The zero-order valence-corrected chi connectivity index (χ0v) is 9.80. The van der Waals surface area contributed by atoms with Gasteiger partial charge in [-0.1, -0.05) is 0 Å². The molecule has 1 aromatic heterocycles. The molecule has 6 nitrogen and oxygen atoms in total. The summed E-state index contributed by atoms with van der Waals surface area (Å²) in [4.78, 5) is 19.3. The standard InChI is InChI=1S/C11H16N4O2/c1-14-4-6-15(7-5-14)10-3-2-9(8-13-10)17-11(12)16/h2-3,8H,4-7H2,1H3,(H2,12,16). The van der Waals surface area contributed by atoms with Gasteiger partial charge in [0.2, 0.25) is 0 Å². The lowest BCUT2D eigenvalue weighted by Gasteiger charge is -2.33. The molecular weight excluding hydrogens is 220 g/mol. The van der Waals surface area contributed by atoms with Gasteiger partial charge in [0.05, 0.1) is 6.20 Å². The SMILES string of the molecule is CN1CCN(c2ccc(OC(N)=O)cn2)CC1. The van der Waals surface area contributed by atoms with Crippen LogP contribution in [-0.4, -0.2) is 49.2 Å². The van der Waals surface area contributed by atoms with E-state index in [1.165, 1.54) is 6.20 Å². The van der Waals surface area contributed by atoms with E-state index in [1.807, 2.05) is 6.07 Å². The number of carbonyl (C=O) groups excluding carboxylic acids is 1. The molecule has 0 atom stereocenters. The van der Waals surface area contributed by atoms with Crippen LogP contribution in [0.3, 0.4) is 0 Å². The smallest absolute Gasteiger partial charge is 0.409 e. The Kier molecular flexibility index (Phi) is 3.43. The average molecular weight is 236 g/mol. The number of piperazine rings is 1. The molecule has 1 aromatic rings. The van der Waals surface area contributed by atoms with E-state index in [0.717, 1.165) is 32.0 Å². The fraction of sp³-hybridized carbons (Fsp3) is 0.455. The minimum atomic E-state index is -0.820. The van der Waals surface area contributed by atoms with Gasteiger partial charge in [0.25, 0.3) is 0 Å². The quantitative estimate of drug-likeness (QED) is 0.799. The number of likely N-dealkylation sites (N-methyl/N-ethyl adjacent to an activating group) is 1. The lowest BCUT2D eigenvalue weighted by molar-refractivity contribution is 0.210. The molecule has 92 valence electrons. The van der Waals surface area contributed by atoms with Crippen molar-refractivity contribution in [3.63, 3.8) is 0 Å². The molecule has 1 saturated heterocycles. The molecule has 1 fully saturated rings. The maximum Gasteiger partial charge on any atom is 0.410 e. The lowest BCUT2D eigenvalue weighted by Crippen LogP contribution is -2.44. The number of hydrogen-bond donors (Lipinski definition) is 1. The minimum absolute atomic E-state index is 0.371. The minimum Gasteiger partial charge on any atom is -0.409 e. The summed E-state index contributed by atoms with van der Waals surface area (Å²) < 4.78 is 4.72. The average Bonchev–Trinajstić information content (AvgIpc) is 2.30. The highest BCUT2D eigenvalue weighted by atomic mass is 16.5. The second-order valence-corrected chi connectivity index (χ2v) is 4.06. The Hall–Kier alpha value is -1.82. The number of rotatable bonds is 2. The molecule has 1 amide bonds. The van der Waals surface area contributed by atoms with Crippen molar-refractivity contribution in [2.24, 2.45) is 5.73 Å². The Morgan fingerprint density at radius 3 is 2.59 bits per heavy atom. The summed E-state index contributed by atoms with van der Waals surface area (Å²) in [6.45, 7) is 3.97. The Morgan fingerprint density at radius 2 is 2.06 bits per heavy atom. The molecular formula is C11H16N4O2. The van der Waals surface area contributed by atoms with Gasteiger partial charge in [-0.05, 0) is 19.2 Å². The van der Waals surface area contributed by atoms with Crippen molar-refractivity contribution in [3.8, 4) is 5.75 Å². The van der Waals surface area contributed by atoms with E-state index < -0.39 is 6.09 Å². The van der Waals surface area contributed by atoms with Crippen LogP contribution < -0.4 is 15.4 Å². The number of carbonyl (C=O) groups is 1. The third-order valence-electron chi connectivity index (χ3n) is 2.77. The van der Waals surface area contributed by atoms with Crippen molar-refractivity contribution >= 4 is 11.9 Å². The first-order valence-electron chi connectivity index (χ1n) is 5.52. The molecule has 0 spiro atoms. The molecule has 0 aromatic carbocycles. The van der Waals surface area contributed by atoms with Crippen LogP contribution >= 0.6 is 0 Å². The highest BCUT2D eigenvalue weighted by Gasteiger charge is 2.15. The predicted molar refractivity (Wildman–Crippen MR) is 64.2 cm³/mol. The number of nitrogens with zero attached hydrogens (tertiary/aromatic N) is 3. The maximum atomic E-state index is 10.5. The summed E-state index contributed by atoms with van der Waals surface area (Å²) in [7, 11) is 2.11. The molecule has 17 heavy (non-hydrogen) atoms. The summed E-state index contributed by atoms with van der Waals surface area (Å²) in [6, 6.07) is 3.54. The number of pyridine rings is 1. The van der Waals surface area contributed by atoms with Gasteiger partial charge < -0.3 is 20.3 Å². The van der Waals surface area contributed by atoms with Crippen molar-refractivity contribution in [2.75, 3.05) is 38.1 Å². The zero-order valence-electron chi connectivity index (χ0n) is 9.80. The maximum absolute atomic E-state index is 10.5. The summed E-state index contributed by atoms with van der Waals surface area (Å²) in [5, 5.41) is 0. The van der Waals surface area contributed by atoms with Crippen LogP contribution in [0, 0.1) is 0 Å². The fourth-order valence-corrected chi connectivity index (χ4v) is 1.77. The molecule has 0 unspecified atom stereocenters. The predicted octanol–water partition coefficient (Wildman–Crippen LogP) is 0.291. The molecule has 2 heterocycles. The van der Waals surface area contributed by atoms with Crippen molar-refractivity contribution in [1.29, 1.82) is 0 Å². The van der Waals surface area contributed by atoms with Gasteiger partial charge in [-0.25, -0.2) is 9.78 Å². The second kappa shape index (κ2) is 5.01. The van der Waals surface area contributed by atoms with E-state index in [-0.39, 0.29) is 0 Å². The monoisotopic (exact) mass is 236 g/mol. The van der Waals surface area contributed by atoms with Crippen LogP contribution in [0.1, 0.15) is 0 Å². The first-order chi connectivity index (χ1) is 8.15. The number of primary amides is 1. The normalized spacial score (nSPS) is 16.9. The number of amides is 1. The van der Waals surface area contributed by atoms with Crippen LogP contribution in [0.15, 0.2) is 18.3 Å². The molecule has 0 aliphatic carbocycles. The van der Waals surface area contributed by atoms with E-state index in [9.17, 15) is 4.79 Å². The van der Waals surface area contributed by atoms with E-state index in [1.54, 1.807) is 6.07 Å². The van der Waals surface area contributed by atoms with Gasteiger partial charge in [0.1, 0.15) is 5.82 Å². The summed E-state index contributed by atoms with van der Waals surface area (Å²) in [5.41, 5.74) is 4.92. The largest absolute Gasteiger partial charge is 0.410 e. The van der Waals surface area contributed by atoms with Gasteiger partial charge in [-0.2, -0.15) is 0 Å². The van der Waals surface area contributed by atoms with Gasteiger partial charge in [0, 0.05) is 26.2 Å². The lowest BCUT2D eigenvalue weighted by atomic mass is 10.3. The molecule has 2 N–H and O–H groups in total. The van der Waals surface area contributed by atoms with E-state index >= 15 is 0 Å². The number of hydrogen-bond acceptors (Lipinski definition) is 5. The Bertz CT molecular complexity index is 385. The summed E-state index contributed by atoms with van der Waals surface area (Å²) >= 11 is 0. The number of anilines is 1. The molecule has 2 rings (SSSR count). The highest BCUT2D eigenvalue weighted by Crippen LogP contribution is 2.16. The molecule has 1 aliphatic heterocycles. The summed E-state index contributed by atoms with van der Waals surface area (Å²) in [6.07, 6.45) is 0.692. The van der Waals surface area contributed by atoms with E-state index in [4.69, 9.17) is 10.5 Å². The molecule has 0 radical (unpaired) electrons. The van der Waals surface area contributed by atoms with Crippen LogP contribution in [-0.2, 0) is 0 Å². The van der Waals surface area contributed by atoms with Crippen LogP contribution in [0.4, 0.5) is 10.6 Å². The van der Waals surface area contributed by atoms with Crippen molar-refractivity contribution < 1.29 is 9.53 Å². The topological polar surface area (TPSA) is 71.7 Å². The number of aromatic nitrogens is 1. The van der Waals surface area contributed by atoms with Crippen LogP contribution in [0.2, 0.25) is 0 Å². The second-order valence-electron chi connectivity index (χ2n) is 4.06. The van der Waals surface area contributed by atoms with Crippen molar-refractivity contribution in [2.45, 2.75) is 0 Å². The number of nitrogens with two attached hydrogens (primary N) is 1. The number of ether oxygens (including phenoxy) is 1. The first kappa shape index (κ1) is 11.7. The van der Waals surface area contributed by atoms with Gasteiger partial charge in [-0.15, -0.1) is 0 Å². The van der Waals surface area contributed by atoms with E-state index in [2.05, 4.69) is 21.8 Å². The zero-order chi connectivity index (χ0) is 12.3. The highest BCUT2D eigenvalue weighted by molar-refractivity contribution is 5.68.